The number of rotatable bonds is 20. The number of anilines is 6. The SMILES string of the molecule is C.C.CCOC(=O)c1cnc(Nc2cc([N+](=O)[O-])c(N(C)CCN(C)C)cc2C)nc1-c1cn(C)c2ccccc12.COC(=O)c1cnc(Nc2cc([N+](=O)[O-])c(N(C)CCN(C)C)cc2OC)nc1-c1cn(C)c2ccccc12. The molecule has 8 aromatic rings. The van der Waals surface area contributed by atoms with E-state index < -0.39 is 21.8 Å². The predicted octanol–water partition coefficient (Wildman–Crippen LogP) is 10.1. The van der Waals surface area contributed by atoms with Crippen LogP contribution in [0, 0.1) is 27.2 Å². The minimum Gasteiger partial charge on any atom is -0.494 e. The number of hydrogen-bond donors (Lipinski definition) is 2. The van der Waals surface area contributed by atoms with Crippen molar-refractivity contribution >= 4 is 79.8 Å². The van der Waals surface area contributed by atoms with E-state index in [0.29, 0.717) is 59.5 Å². The lowest BCUT2D eigenvalue weighted by molar-refractivity contribution is -0.384. The number of ether oxygens (including phenoxy) is 3. The van der Waals surface area contributed by atoms with Crippen LogP contribution in [0.2, 0.25) is 0 Å². The molecular weight excluding hydrogens is 1020 g/mol. The number of carbonyl (C=O) groups excluding carboxylic acids is 2. The smallest absolute Gasteiger partial charge is 0.341 e. The van der Waals surface area contributed by atoms with E-state index in [-0.39, 0.29) is 55.9 Å². The van der Waals surface area contributed by atoms with Gasteiger partial charge in [-0.3, -0.25) is 20.2 Å². The van der Waals surface area contributed by atoms with E-state index in [1.165, 1.54) is 38.7 Å². The summed E-state index contributed by atoms with van der Waals surface area (Å²) >= 11 is 0. The molecule has 4 heterocycles. The van der Waals surface area contributed by atoms with Crippen LogP contribution < -0.4 is 25.2 Å². The van der Waals surface area contributed by atoms with Crippen LogP contribution in [-0.4, -0.2) is 150 Å². The van der Waals surface area contributed by atoms with Crippen LogP contribution >= 0.6 is 0 Å². The maximum atomic E-state index is 12.8. The Hall–Kier alpha value is -9.22. The zero-order valence-electron chi connectivity index (χ0n) is 45.8. The average molecular weight is 1100 g/mol. The summed E-state index contributed by atoms with van der Waals surface area (Å²) in [6.07, 6.45) is 6.60. The first kappa shape index (κ1) is 61.6. The number of esters is 2. The zero-order valence-corrected chi connectivity index (χ0v) is 45.8. The van der Waals surface area contributed by atoms with Crippen molar-refractivity contribution in [3.05, 3.63) is 135 Å². The van der Waals surface area contributed by atoms with E-state index in [2.05, 4.69) is 25.6 Å². The quantitative estimate of drug-likeness (QED) is 0.0409. The van der Waals surface area contributed by atoms with Crippen molar-refractivity contribution in [3.63, 3.8) is 0 Å². The van der Waals surface area contributed by atoms with Gasteiger partial charge in [0.25, 0.3) is 11.4 Å². The third-order valence-electron chi connectivity index (χ3n) is 12.9. The lowest BCUT2D eigenvalue weighted by Gasteiger charge is -2.22. The van der Waals surface area contributed by atoms with Crippen LogP contribution in [0.4, 0.5) is 46.0 Å². The maximum absolute atomic E-state index is 12.8. The van der Waals surface area contributed by atoms with E-state index in [0.717, 1.165) is 45.0 Å². The van der Waals surface area contributed by atoms with Crippen LogP contribution in [0.5, 0.6) is 5.75 Å². The second-order valence-electron chi connectivity index (χ2n) is 18.9. The minimum atomic E-state index is -0.581. The number of benzene rings is 4. The summed E-state index contributed by atoms with van der Waals surface area (Å²) in [4.78, 5) is 74.3. The van der Waals surface area contributed by atoms with Gasteiger partial charge in [0.1, 0.15) is 28.3 Å². The largest absolute Gasteiger partial charge is 0.494 e. The number of hydrogen-bond acceptors (Lipinski definition) is 19. The fourth-order valence-electron chi connectivity index (χ4n) is 8.70. The molecule has 23 heteroatoms. The van der Waals surface area contributed by atoms with Crippen molar-refractivity contribution in [1.82, 2.24) is 38.9 Å². The molecule has 80 heavy (non-hydrogen) atoms. The normalized spacial score (nSPS) is 10.8. The van der Waals surface area contributed by atoms with Gasteiger partial charge in [-0.15, -0.1) is 0 Å². The number of aryl methyl sites for hydroxylation is 3. The number of nitro groups is 2. The van der Waals surface area contributed by atoms with Crippen LogP contribution in [0.3, 0.4) is 0 Å². The Morgan fingerprint density at radius 2 is 1.07 bits per heavy atom. The summed E-state index contributed by atoms with van der Waals surface area (Å²) in [5.74, 6) is -0.393. The van der Waals surface area contributed by atoms with E-state index in [9.17, 15) is 29.8 Å². The first-order valence-electron chi connectivity index (χ1n) is 24.7. The number of nitrogens with zero attached hydrogens (tertiary/aromatic N) is 12. The Morgan fingerprint density at radius 1 is 0.637 bits per heavy atom. The number of fused-ring (bicyclic) bond motifs is 2. The summed E-state index contributed by atoms with van der Waals surface area (Å²) in [6.45, 7) is 6.50. The van der Waals surface area contributed by atoms with Crippen molar-refractivity contribution in [1.29, 1.82) is 0 Å². The maximum Gasteiger partial charge on any atom is 0.341 e. The number of nitro benzene ring substituents is 2. The van der Waals surface area contributed by atoms with E-state index in [4.69, 9.17) is 19.2 Å². The molecule has 0 spiro atoms. The van der Waals surface area contributed by atoms with Gasteiger partial charge in [0, 0.05) is 130 Å². The number of para-hydroxylation sites is 2. The topological polar surface area (TPSA) is 247 Å². The zero-order chi connectivity index (χ0) is 56.5. The molecule has 8 rings (SSSR count). The van der Waals surface area contributed by atoms with E-state index >= 15 is 0 Å². The molecule has 424 valence electrons. The van der Waals surface area contributed by atoms with Gasteiger partial charge in [-0.05, 0) is 65.8 Å². The Morgan fingerprint density at radius 3 is 1.51 bits per heavy atom. The van der Waals surface area contributed by atoms with Crippen molar-refractivity contribution in [2.24, 2.45) is 14.1 Å². The third-order valence-corrected chi connectivity index (χ3v) is 12.9. The second kappa shape index (κ2) is 26.9. The number of carbonyl (C=O) groups is 2. The van der Waals surface area contributed by atoms with Gasteiger partial charge < -0.3 is 53.6 Å². The van der Waals surface area contributed by atoms with Crippen LogP contribution in [0.25, 0.3) is 44.3 Å². The van der Waals surface area contributed by atoms with Gasteiger partial charge in [0.15, 0.2) is 0 Å². The lowest BCUT2D eigenvalue weighted by Crippen LogP contribution is -2.29. The van der Waals surface area contributed by atoms with Crippen LogP contribution in [-0.2, 0) is 23.6 Å². The standard InChI is InChI=1S/C28H33N7O4.C27H31N7O5.2CH4/c1-7-39-27(36)20-16-29-28(31-26(20)21-17-34(6)23-11-9-8-10-19(21)23)30-22-15-25(35(37)38)24(14-18(22)2)33(5)13-12-32(3)4;1-31(2)11-12-32(3)22-14-24(38-5)20(13-23(22)34(36)37)29-27-28-15-18(26(35)39-6)25(30-27)19-16-33(4)21-10-8-7-9-17(19)21;;/h8-11,14-17H,7,12-13H2,1-6H3,(H,29,30,31);7-10,13-16H,11-12H2,1-6H3,(H,28,29,30);2*1H4. The molecular formula is C57H72N14O9. The molecule has 0 saturated carbocycles. The van der Waals surface area contributed by atoms with E-state index in [1.54, 1.807) is 26.1 Å². The first-order chi connectivity index (χ1) is 37.2. The Labute approximate surface area is 466 Å². The van der Waals surface area contributed by atoms with Gasteiger partial charge in [0.2, 0.25) is 11.9 Å². The molecule has 0 fully saturated rings. The first-order valence-corrected chi connectivity index (χ1v) is 24.7. The highest BCUT2D eigenvalue weighted by molar-refractivity contribution is 6.04. The van der Waals surface area contributed by atoms with E-state index in [1.807, 2.05) is 146 Å². The monoisotopic (exact) mass is 1100 g/mol. The molecule has 0 amide bonds. The van der Waals surface area contributed by atoms with Crippen LogP contribution in [0.15, 0.2) is 97.6 Å². The van der Waals surface area contributed by atoms with Gasteiger partial charge >= 0.3 is 11.9 Å². The molecule has 0 aliphatic heterocycles. The van der Waals surface area contributed by atoms with Crippen molar-refractivity contribution in [3.8, 4) is 28.3 Å². The van der Waals surface area contributed by atoms with Crippen molar-refractivity contribution in [2.45, 2.75) is 28.7 Å². The molecule has 2 N–H and O–H groups in total. The molecule has 0 unspecified atom stereocenters. The fraction of sp³-hybridized carbons (Fsp3) is 0.333. The summed E-state index contributed by atoms with van der Waals surface area (Å²) in [6, 6.07) is 21.9. The highest BCUT2D eigenvalue weighted by Crippen LogP contribution is 2.40. The summed E-state index contributed by atoms with van der Waals surface area (Å²) in [5.41, 5.74) is 7.04. The minimum absolute atomic E-state index is 0. The Kier molecular flexibility index (Phi) is 20.7. The van der Waals surface area contributed by atoms with Crippen molar-refractivity contribution < 1.29 is 33.6 Å². The molecule has 4 aromatic heterocycles. The van der Waals surface area contributed by atoms with Gasteiger partial charge in [-0.2, -0.15) is 0 Å². The lowest BCUT2D eigenvalue weighted by atomic mass is 10.1. The molecule has 0 saturated heterocycles. The summed E-state index contributed by atoms with van der Waals surface area (Å²) in [5, 5.41) is 32.0. The van der Waals surface area contributed by atoms with Gasteiger partial charge in [-0.25, -0.2) is 29.5 Å². The molecule has 4 aromatic carbocycles. The fourth-order valence-corrected chi connectivity index (χ4v) is 8.70. The molecule has 0 aliphatic carbocycles. The number of nitrogens with one attached hydrogen (secondary N) is 2. The molecule has 0 aliphatic rings. The number of methoxy groups -OCH3 is 2. The molecule has 0 atom stereocenters. The van der Waals surface area contributed by atoms with Gasteiger partial charge in [-0.1, -0.05) is 51.3 Å². The average Bonchev–Trinajstić information content (AvgIpc) is 3.94. The second-order valence-corrected chi connectivity index (χ2v) is 18.9. The van der Waals surface area contributed by atoms with Gasteiger partial charge in [0.05, 0.1) is 53.4 Å². The highest BCUT2D eigenvalue weighted by atomic mass is 16.6. The molecule has 0 bridgehead atoms. The third kappa shape index (κ3) is 13.7. The summed E-state index contributed by atoms with van der Waals surface area (Å²) < 4.78 is 19.7. The Balaban J connectivity index is 0.000000287. The summed E-state index contributed by atoms with van der Waals surface area (Å²) in [7, 11) is 18.0. The molecule has 23 nitrogen and oxygen atoms in total. The molecule has 0 radical (unpaired) electrons. The predicted molar refractivity (Wildman–Crippen MR) is 316 cm³/mol. The Bertz CT molecular complexity index is 3520. The van der Waals surface area contributed by atoms with Crippen molar-refractivity contribution in [2.75, 3.05) is 110 Å². The number of aromatic nitrogens is 6. The van der Waals surface area contributed by atoms with Crippen LogP contribution in [0.1, 0.15) is 48.1 Å². The number of likely N-dealkylation sites (N-methyl/N-ethyl adjacent to an activating group) is 4. The highest BCUT2D eigenvalue weighted by Gasteiger charge is 2.26.